The molecule has 0 bridgehead atoms. The van der Waals surface area contributed by atoms with Crippen LogP contribution in [0, 0.1) is 0 Å². The molecule has 2 heterocycles. The minimum Gasteiger partial charge on any atom is -0.335 e. The minimum absolute atomic E-state index is 0.00144. The van der Waals surface area contributed by atoms with Crippen LogP contribution in [0.4, 0.5) is 5.13 Å². The summed E-state index contributed by atoms with van der Waals surface area (Å²) in [7, 11) is 0. The number of anilines is 1. The molecule has 1 atom stereocenters. The first-order valence-electron chi connectivity index (χ1n) is 7.19. The monoisotopic (exact) mass is 315 g/mol. The van der Waals surface area contributed by atoms with Crippen LogP contribution in [0.25, 0.3) is 0 Å². The number of thiazole rings is 1. The van der Waals surface area contributed by atoms with Gasteiger partial charge in [0.15, 0.2) is 5.13 Å². The standard InChI is InChI=1S/C16H17N3O2S/c1-11(20)19-8-6-12-4-2-3-5-13(12)14(19)10-15(21)18-16-17-7-9-22-16/h2-5,7,9,14H,6,8,10H2,1H3,(H,17,18,21)/t14-/m1/s1. The largest absolute Gasteiger partial charge is 0.335 e. The van der Waals surface area contributed by atoms with Crippen molar-refractivity contribution >= 4 is 28.3 Å². The van der Waals surface area contributed by atoms with Gasteiger partial charge in [-0.15, -0.1) is 11.3 Å². The van der Waals surface area contributed by atoms with Gasteiger partial charge in [0.2, 0.25) is 11.8 Å². The Balaban J connectivity index is 1.81. The summed E-state index contributed by atoms with van der Waals surface area (Å²) in [5, 5.41) is 5.19. The van der Waals surface area contributed by atoms with Gasteiger partial charge in [-0.3, -0.25) is 9.59 Å². The van der Waals surface area contributed by atoms with Gasteiger partial charge in [0, 0.05) is 25.0 Å². The lowest BCUT2D eigenvalue weighted by molar-refractivity contribution is -0.132. The number of hydrogen-bond donors (Lipinski definition) is 1. The average Bonchev–Trinajstić information content (AvgIpc) is 3.00. The van der Waals surface area contributed by atoms with Gasteiger partial charge in [-0.1, -0.05) is 24.3 Å². The molecular formula is C16H17N3O2S. The highest BCUT2D eigenvalue weighted by molar-refractivity contribution is 7.13. The molecule has 1 aliphatic rings. The van der Waals surface area contributed by atoms with Crippen molar-refractivity contribution < 1.29 is 9.59 Å². The van der Waals surface area contributed by atoms with E-state index in [1.807, 2.05) is 23.6 Å². The van der Waals surface area contributed by atoms with Gasteiger partial charge in [-0.25, -0.2) is 4.98 Å². The maximum absolute atomic E-state index is 12.3. The fourth-order valence-electron chi connectivity index (χ4n) is 2.88. The highest BCUT2D eigenvalue weighted by Crippen LogP contribution is 2.32. The SMILES string of the molecule is CC(=O)N1CCc2ccccc2[C@H]1CC(=O)Nc1nccs1. The van der Waals surface area contributed by atoms with Crippen molar-refractivity contribution in [2.45, 2.75) is 25.8 Å². The van der Waals surface area contributed by atoms with E-state index in [-0.39, 0.29) is 24.3 Å². The van der Waals surface area contributed by atoms with E-state index in [4.69, 9.17) is 0 Å². The summed E-state index contributed by atoms with van der Waals surface area (Å²) in [4.78, 5) is 30.0. The third-order valence-corrected chi connectivity index (χ3v) is 4.56. The predicted molar refractivity (Wildman–Crippen MR) is 85.6 cm³/mol. The van der Waals surface area contributed by atoms with Crippen molar-refractivity contribution in [2.75, 3.05) is 11.9 Å². The van der Waals surface area contributed by atoms with Gasteiger partial charge in [0.1, 0.15) is 0 Å². The second-order valence-corrected chi connectivity index (χ2v) is 6.16. The van der Waals surface area contributed by atoms with Crippen LogP contribution in [0.1, 0.15) is 30.5 Å². The first kappa shape index (κ1) is 14.7. The number of nitrogens with one attached hydrogen (secondary N) is 1. The fourth-order valence-corrected chi connectivity index (χ4v) is 3.42. The molecule has 0 spiro atoms. The maximum Gasteiger partial charge on any atom is 0.228 e. The number of aromatic nitrogens is 1. The summed E-state index contributed by atoms with van der Waals surface area (Å²) in [6, 6.07) is 7.82. The van der Waals surface area contributed by atoms with Gasteiger partial charge in [0.25, 0.3) is 0 Å². The highest BCUT2D eigenvalue weighted by atomic mass is 32.1. The first-order valence-corrected chi connectivity index (χ1v) is 8.07. The van der Waals surface area contributed by atoms with Crippen molar-refractivity contribution in [3.8, 4) is 0 Å². The van der Waals surface area contributed by atoms with E-state index in [1.54, 1.807) is 18.0 Å². The normalized spacial score (nSPS) is 17.0. The van der Waals surface area contributed by atoms with Crippen molar-refractivity contribution in [3.05, 3.63) is 47.0 Å². The van der Waals surface area contributed by atoms with Crippen molar-refractivity contribution in [1.29, 1.82) is 0 Å². The molecule has 0 saturated heterocycles. The Labute approximate surface area is 133 Å². The molecule has 3 rings (SSSR count). The molecule has 0 aliphatic carbocycles. The van der Waals surface area contributed by atoms with Gasteiger partial charge in [0.05, 0.1) is 12.5 Å². The van der Waals surface area contributed by atoms with Gasteiger partial charge >= 0.3 is 0 Å². The number of carbonyl (C=O) groups is 2. The molecule has 0 fully saturated rings. The fraction of sp³-hybridized carbons (Fsp3) is 0.312. The van der Waals surface area contributed by atoms with Crippen LogP contribution in [0.5, 0.6) is 0 Å². The lowest BCUT2D eigenvalue weighted by Gasteiger charge is -2.36. The highest BCUT2D eigenvalue weighted by Gasteiger charge is 2.30. The smallest absolute Gasteiger partial charge is 0.228 e. The molecule has 0 saturated carbocycles. The Kier molecular flexibility index (Phi) is 4.20. The van der Waals surface area contributed by atoms with E-state index >= 15 is 0 Å². The Morgan fingerprint density at radius 3 is 2.95 bits per heavy atom. The second-order valence-electron chi connectivity index (χ2n) is 5.27. The molecule has 1 N–H and O–H groups in total. The molecule has 114 valence electrons. The maximum atomic E-state index is 12.3. The van der Waals surface area contributed by atoms with Crippen molar-refractivity contribution in [1.82, 2.24) is 9.88 Å². The second kappa shape index (κ2) is 6.27. The molecule has 2 amide bonds. The Morgan fingerprint density at radius 2 is 2.23 bits per heavy atom. The number of benzene rings is 1. The Hall–Kier alpha value is -2.21. The summed E-state index contributed by atoms with van der Waals surface area (Å²) in [5.41, 5.74) is 2.28. The number of amides is 2. The molecule has 5 nitrogen and oxygen atoms in total. The molecule has 1 aromatic heterocycles. The van der Waals surface area contributed by atoms with Gasteiger partial charge < -0.3 is 10.2 Å². The van der Waals surface area contributed by atoms with Crippen LogP contribution in [-0.4, -0.2) is 28.2 Å². The number of nitrogens with zero attached hydrogens (tertiary/aromatic N) is 2. The van der Waals surface area contributed by atoms with E-state index in [0.717, 1.165) is 12.0 Å². The van der Waals surface area contributed by atoms with Crippen LogP contribution in [0.2, 0.25) is 0 Å². The zero-order chi connectivity index (χ0) is 15.5. The third kappa shape index (κ3) is 3.01. The van der Waals surface area contributed by atoms with Crippen LogP contribution in [0.3, 0.4) is 0 Å². The molecule has 2 aromatic rings. The summed E-state index contributed by atoms with van der Waals surface area (Å²) < 4.78 is 0. The van der Waals surface area contributed by atoms with E-state index in [1.165, 1.54) is 16.9 Å². The van der Waals surface area contributed by atoms with E-state index in [2.05, 4.69) is 16.4 Å². The quantitative estimate of drug-likeness (QED) is 0.947. The van der Waals surface area contributed by atoms with Crippen LogP contribution >= 0.6 is 11.3 Å². The minimum atomic E-state index is -0.206. The number of hydrogen-bond acceptors (Lipinski definition) is 4. The van der Waals surface area contributed by atoms with Crippen LogP contribution in [-0.2, 0) is 16.0 Å². The summed E-state index contributed by atoms with van der Waals surface area (Å²) >= 11 is 1.38. The Bertz CT molecular complexity index is 684. The Morgan fingerprint density at radius 1 is 1.41 bits per heavy atom. The topological polar surface area (TPSA) is 62.3 Å². The lowest BCUT2D eigenvalue weighted by atomic mass is 9.90. The molecule has 6 heteroatoms. The van der Waals surface area contributed by atoms with Crippen LogP contribution < -0.4 is 5.32 Å². The van der Waals surface area contributed by atoms with E-state index in [0.29, 0.717) is 11.7 Å². The average molecular weight is 315 g/mol. The number of rotatable bonds is 3. The van der Waals surface area contributed by atoms with Gasteiger partial charge in [-0.05, 0) is 17.5 Å². The summed E-state index contributed by atoms with van der Waals surface area (Å²) in [5.74, 6) is -0.121. The molecule has 0 radical (unpaired) electrons. The van der Waals surface area contributed by atoms with E-state index in [9.17, 15) is 9.59 Å². The molecule has 22 heavy (non-hydrogen) atoms. The zero-order valence-electron chi connectivity index (χ0n) is 12.3. The van der Waals surface area contributed by atoms with E-state index < -0.39 is 0 Å². The zero-order valence-corrected chi connectivity index (χ0v) is 13.1. The lowest BCUT2D eigenvalue weighted by Crippen LogP contribution is -2.40. The van der Waals surface area contributed by atoms with Crippen molar-refractivity contribution in [2.24, 2.45) is 0 Å². The van der Waals surface area contributed by atoms with Crippen molar-refractivity contribution in [3.63, 3.8) is 0 Å². The van der Waals surface area contributed by atoms with Gasteiger partial charge in [-0.2, -0.15) is 0 Å². The number of fused-ring (bicyclic) bond motifs is 1. The molecule has 1 aromatic carbocycles. The summed E-state index contributed by atoms with van der Waals surface area (Å²) in [6.45, 7) is 2.21. The third-order valence-electron chi connectivity index (χ3n) is 3.87. The van der Waals surface area contributed by atoms with Crippen LogP contribution in [0.15, 0.2) is 35.8 Å². The summed E-state index contributed by atoms with van der Waals surface area (Å²) in [6.07, 6.45) is 2.73. The predicted octanol–water partition coefficient (Wildman–Crippen LogP) is 2.62. The molecule has 0 unspecified atom stereocenters. The first-order chi connectivity index (χ1) is 10.6. The number of carbonyl (C=O) groups excluding carboxylic acids is 2. The molecular weight excluding hydrogens is 298 g/mol. The molecule has 1 aliphatic heterocycles.